The molecule has 1 aliphatic heterocycles. The zero-order valence-electron chi connectivity index (χ0n) is 15.9. The third kappa shape index (κ3) is 10.6. The van der Waals surface area contributed by atoms with Gasteiger partial charge in [-0.2, -0.15) is 0 Å². The van der Waals surface area contributed by atoms with Gasteiger partial charge in [0.2, 0.25) is 5.91 Å². The topological polar surface area (TPSA) is 103 Å². The number of aliphatic imine (C=N–C) groups is 1. The van der Waals surface area contributed by atoms with Gasteiger partial charge in [0.15, 0.2) is 5.12 Å². The van der Waals surface area contributed by atoms with Crippen molar-refractivity contribution in [3.8, 4) is 0 Å². The van der Waals surface area contributed by atoms with Gasteiger partial charge in [-0.1, -0.05) is 24.8 Å². The van der Waals surface area contributed by atoms with E-state index in [1.165, 1.54) is 20.1 Å². The van der Waals surface area contributed by atoms with Crippen LogP contribution in [0.3, 0.4) is 0 Å². The molecular formula is C17H27N2O6PS. The number of carbonyl (C=O) groups is 2. The normalized spacial score (nSPS) is 16.9. The number of amides is 1. The van der Waals surface area contributed by atoms with Crippen molar-refractivity contribution in [2.75, 3.05) is 32.6 Å². The van der Waals surface area contributed by atoms with Gasteiger partial charge in [0, 0.05) is 57.2 Å². The number of phosphoric ester groups is 1. The molecule has 8 nitrogen and oxygen atoms in total. The number of allylic oxidation sites excluding steroid dienone is 2. The summed E-state index contributed by atoms with van der Waals surface area (Å²) in [5.74, 6) is 0.108. The highest BCUT2D eigenvalue weighted by molar-refractivity contribution is 8.13. The Morgan fingerprint density at radius 1 is 1.44 bits per heavy atom. The lowest BCUT2D eigenvalue weighted by atomic mass is 10.1. The SMILES string of the molecule is CCC(CNC(=O)/C=C/C1=CN=CC1)COP(=O)(OC)OCCSC(C)=O. The lowest BCUT2D eigenvalue weighted by Crippen LogP contribution is -2.29. The standard InChI is InChI=1S/C17H27N2O6PS/c1-4-15(12-19-17(21)6-5-16-7-8-18-11-16)13-25-26(22,23-3)24-9-10-27-14(2)20/h5-6,8,11,15H,4,7,9-10,12-13H2,1-3H3,(H,19,21)/b6-5+. The third-order valence-corrected chi connectivity index (χ3v) is 5.78. The number of rotatable bonds is 13. The fourth-order valence-corrected chi connectivity index (χ4v) is 3.52. The zero-order chi connectivity index (χ0) is 20.1. The predicted octanol–water partition coefficient (Wildman–Crippen LogP) is 3.11. The van der Waals surface area contributed by atoms with Gasteiger partial charge in [-0.15, -0.1) is 0 Å². The lowest BCUT2D eigenvalue weighted by molar-refractivity contribution is -0.116. The molecular weight excluding hydrogens is 391 g/mol. The highest BCUT2D eigenvalue weighted by Gasteiger charge is 2.26. The van der Waals surface area contributed by atoms with E-state index in [0.717, 1.165) is 23.8 Å². The highest BCUT2D eigenvalue weighted by Crippen LogP contribution is 2.48. The van der Waals surface area contributed by atoms with E-state index in [1.807, 2.05) is 6.92 Å². The molecule has 152 valence electrons. The van der Waals surface area contributed by atoms with E-state index in [9.17, 15) is 14.2 Å². The molecule has 0 saturated carbocycles. The number of nitrogens with zero attached hydrogens (tertiary/aromatic N) is 1. The third-order valence-electron chi connectivity index (χ3n) is 3.59. The van der Waals surface area contributed by atoms with Crippen LogP contribution < -0.4 is 5.32 Å². The summed E-state index contributed by atoms with van der Waals surface area (Å²) in [7, 11) is -2.43. The van der Waals surface area contributed by atoms with Crippen LogP contribution in [0.25, 0.3) is 0 Å². The van der Waals surface area contributed by atoms with Crippen molar-refractivity contribution >= 4 is 36.8 Å². The van der Waals surface area contributed by atoms with Crippen molar-refractivity contribution in [1.82, 2.24) is 5.32 Å². The maximum Gasteiger partial charge on any atom is 0.474 e. The lowest BCUT2D eigenvalue weighted by Gasteiger charge is -2.20. The van der Waals surface area contributed by atoms with Crippen LogP contribution in [0.15, 0.2) is 28.9 Å². The van der Waals surface area contributed by atoms with E-state index >= 15 is 0 Å². The summed E-state index contributed by atoms with van der Waals surface area (Å²) >= 11 is 1.07. The number of thioether (sulfide) groups is 1. The summed E-state index contributed by atoms with van der Waals surface area (Å²) in [6.45, 7) is 3.96. The van der Waals surface area contributed by atoms with Crippen LogP contribution in [0.2, 0.25) is 0 Å². The van der Waals surface area contributed by atoms with Crippen LogP contribution >= 0.6 is 19.6 Å². The fourth-order valence-electron chi connectivity index (χ4n) is 1.95. The summed E-state index contributed by atoms with van der Waals surface area (Å²) < 4.78 is 27.7. The first kappa shape index (κ1) is 23.8. The Hall–Kier alpha value is -1.25. The van der Waals surface area contributed by atoms with Gasteiger partial charge in [-0.3, -0.25) is 28.2 Å². The maximum absolute atomic E-state index is 12.4. The molecule has 1 amide bonds. The van der Waals surface area contributed by atoms with E-state index in [-0.39, 0.29) is 30.2 Å². The summed E-state index contributed by atoms with van der Waals surface area (Å²) in [5.41, 5.74) is 0.974. The average molecular weight is 418 g/mol. The van der Waals surface area contributed by atoms with Crippen molar-refractivity contribution in [1.29, 1.82) is 0 Å². The molecule has 1 N–H and O–H groups in total. The van der Waals surface area contributed by atoms with Crippen molar-refractivity contribution < 1.29 is 27.7 Å². The minimum Gasteiger partial charge on any atom is -0.352 e. The van der Waals surface area contributed by atoms with Gasteiger partial charge < -0.3 is 5.32 Å². The Morgan fingerprint density at radius 3 is 2.81 bits per heavy atom. The summed E-state index contributed by atoms with van der Waals surface area (Å²) in [6.07, 6.45) is 8.12. The Morgan fingerprint density at radius 2 is 2.22 bits per heavy atom. The molecule has 0 aromatic rings. The van der Waals surface area contributed by atoms with Crippen molar-refractivity contribution in [3.05, 3.63) is 23.9 Å². The largest absolute Gasteiger partial charge is 0.474 e. The van der Waals surface area contributed by atoms with Gasteiger partial charge >= 0.3 is 7.82 Å². The molecule has 2 atom stereocenters. The molecule has 0 aliphatic carbocycles. The van der Waals surface area contributed by atoms with Crippen molar-refractivity contribution in [3.63, 3.8) is 0 Å². The first-order valence-corrected chi connectivity index (χ1v) is 11.1. The smallest absolute Gasteiger partial charge is 0.352 e. The molecule has 0 fully saturated rings. The molecule has 2 unspecified atom stereocenters. The van der Waals surface area contributed by atoms with E-state index in [0.29, 0.717) is 18.7 Å². The Kier molecular flexibility index (Phi) is 11.5. The molecule has 1 rings (SSSR count). The quantitative estimate of drug-likeness (QED) is 0.278. The van der Waals surface area contributed by atoms with Gasteiger partial charge in [-0.05, 0) is 12.0 Å². The Bertz CT molecular complexity index is 635. The van der Waals surface area contributed by atoms with Crippen LogP contribution in [-0.4, -0.2) is 49.9 Å². The fraction of sp³-hybridized carbons (Fsp3) is 0.588. The Balaban J connectivity index is 2.34. The summed E-state index contributed by atoms with van der Waals surface area (Å²) in [6, 6.07) is 0. The van der Waals surface area contributed by atoms with Crippen LogP contribution in [0, 0.1) is 5.92 Å². The molecule has 0 saturated heterocycles. The minimum absolute atomic E-state index is 0.0423. The van der Waals surface area contributed by atoms with Crippen LogP contribution in [-0.2, 0) is 27.7 Å². The van der Waals surface area contributed by atoms with Crippen LogP contribution in [0.1, 0.15) is 26.7 Å². The van der Waals surface area contributed by atoms with E-state index in [2.05, 4.69) is 10.3 Å². The number of nitrogens with one attached hydrogen (secondary N) is 1. The second-order valence-corrected chi connectivity index (χ2v) is 8.74. The number of hydrogen-bond donors (Lipinski definition) is 1. The molecule has 0 spiro atoms. The molecule has 0 radical (unpaired) electrons. The van der Waals surface area contributed by atoms with E-state index in [4.69, 9.17) is 13.6 Å². The van der Waals surface area contributed by atoms with Gasteiger partial charge in [0.1, 0.15) is 0 Å². The van der Waals surface area contributed by atoms with E-state index in [1.54, 1.807) is 18.5 Å². The van der Waals surface area contributed by atoms with Gasteiger partial charge in [0.05, 0.1) is 13.2 Å². The highest BCUT2D eigenvalue weighted by atomic mass is 32.2. The minimum atomic E-state index is -3.67. The monoisotopic (exact) mass is 418 g/mol. The van der Waals surface area contributed by atoms with Crippen molar-refractivity contribution in [2.45, 2.75) is 26.7 Å². The van der Waals surface area contributed by atoms with Gasteiger partial charge in [-0.25, -0.2) is 4.57 Å². The average Bonchev–Trinajstić information content (AvgIpc) is 3.17. The van der Waals surface area contributed by atoms with Crippen molar-refractivity contribution in [2.24, 2.45) is 10.9 Å². The molecule has 0 aromatic carbocycles. The van der Waals surface area contributed by atoms with Crippen LogP contribution in [0.4, 0.5) is 0 Å². The first-order valence-electron chi connectivity index (χ1n) is 8.63. The maximum atomic E-state index is 12.4. The second kappa shape index (κ2) is 13.0. The molecule has 10 heteroatoms. The molecule has 0 bridgehead atoms. The zero-order valence-corrected chi connectivity index (χ0v) is 17.6. The predicted molar refractivity (Wildman–Crippen MR) is 107 cm³/mol. The summed E-state index contributed by atoms with van der Waals surface area (Å²) in [4.78, 5) is 26.7. The Labute approximate surface area is 164 Å². The van der Waals surface area contributed by atoms with E-state index < -0.39 is 7.82 Å². The summed E-state index contributed by atoms with van der Waals surface area (Å²) in [5, 5.41) is 2.75. The molecule has 1 aliphatic rings. The molecule has 1 heterocycles. The molecule has 0 aromatic heterocycles. The number of carbonyl (C=O) groups excluding carboxylic acids is 2. The first-order chi connectivity index (χ1) is 12.9. The number of hydrogen-bond acceptors (Lipinski definition) is 8. The number of phosphoric acid groups is 1. The van der Waals surface area contributed by atoms with Crippen LogP contribution in [0.5, 0.6) is 0 Å². The second-order valence-electron chi connectivity index (χ2n) is 5.69. The van der Waals surface area contributed by atoms with Gasteiger partial charge in [0.25, 0.3) is 0 Å². The molecule has 27 heavy (non-hydrogen) atoms.